The van der Waals surface area contributed by atoms with Crippen LogP contribution in [0.15, 0.2) is 67.0 Å². The van der Waals surface area contributed by atoms with Crippen molar-refractivity contribution in [2.75, 3.05) is 6.61 Å². The van der Waals surface area contributed by atoms with Gasteiger partial charge in [0.05, 0.1) is 12.3 Å². The van der Waals surface area contributed by atoms with Gasteiger partial charge in [-0.05, 0) is 43.7 Å². The molecule has 0 fully saturated rings. The third-order valence-corrected chi connectivity index (χ3v) is 6.15. The van der Waals surface area contributed by atoms with Crippen molar-refractivity contribution in [3.05, 3.63) is 88.9 Å². The van der Waals surface area contributed by atoms with Gasteiger partial charge in [-0.15, -0.1) is 11.3 Å². The zero-order valence-corrected chi connectivity index (χ0v) is 18.5. The van der Waals surface area contributed by atoms with Gasteiger partial charge in [0.2, 0.25) is 0 Å². The molecule has 1 amide bonds. The molecule has 4 rings (SSSR count). The minimum atomic E-state index is -0.357. The van der Waals surface area contributed by atoms with Crippen LogP contribution < -0.4 is 10.1 Å². The zero-order valence-electron chi connectivity index (χ0n) is 17.7. The highest BCUT2D eigenvalue weighted by Gasteiger charge is 2.24. The van der Waals surface area contributed by atoms with E-state index in [2.05, 4.69) is 15.3 Å². The van der Waals surface area contributed by atoms with Crippen molar-refractivity contribution < 1.29 is 9.53 Å². The van der Waals surface area contributed by atoms with E-state index in [1.54, 1.807) is 6.20 Å². The van der Waals surface area contributed by atoms with Crippen LogP contribution in [0, 0.1) is 6.92 Å². The van der Waals surface area contributed by atoms with Crippen molar-refractivity contribution in [1.29, 1.82) is 0 Å². The summed E-state index contributed by atoms with van der Waals surface area (Å²) >= 11 is 1.39. The van der Waals surface area contributed by atoms with Crippen LogP contribution in [0.3, 0.4) is 0 Å². The number of nitrogens with one attached hydrogen (secondary N) is 1. The minimum absolute atomic E-state index is 0.163. The topological polar surface area (TPSA) is 69.0 Å². The van der Waals surface area contributed by atoms with Crippen LogP contribution in [0.25, 0.3) is 10.6 Å². The fourth-order valence-corrected chi connectivity index (χ4v) is 4.36. The van der Waals surface area contributed by atoms with E-state index < -0.39 is 0 Å². The molecule has 0 bridgehead atoms. The number of rotatable bonds is 7. The molecule has 7 heteroatoms. The average Bonchev–Trinajstić information content (AvgIpc) is 3.39. The Kier molecular flexibility index (Phi) is 6.13. The quantitative estimate of drug-likeness (QED) is 0.457. The maximum atomic E-state index is 13.2. The van der Waals surface area contributed by atoms with Crippen molar-refractivity contribution in [3.8, 4) is 16.3 Å². The van der Waals surface area contributed by atoms with E-state index in [9.17, 15) is 4.79 Å². The van der Waals surface area contributed by atoms with Gasteiger partial charge in [-0.2, -0.15) is 0 Å². The molecule has 0 spiro atoms. The van der Waals surface area contributed by atoms with Crippen molar-refractivity contribution in [2.24, 2.45) is 7.05 Å². The molecule has 1 N–H and O–H groups in total. The second-order valence-electron chi connectivity index (χ2n) is 7.10. The normalized spacial score (nSPS) is 11.8. The van der Waals surface area contributed by atoms with E-state index in [-0.39, 0.29) is 11.9 Å². The summed E-state index contributed by atoms with van der Waals surface area (Å²) in [7, 11) is 1.92. The first kappa shape index (κ1) is 20.8. The van der Waals surface area contributed by atoms with Crippen LogP contribution in [0.4, 0.5) is 0 Å². The van der Waals surface area contributed by atoms with Gasteiger partial charge >= 0.3 is 0 Å². The van der Waals surface area contributed by atoms with Crippen LogP contribution in [0.5, 0.6) is 5.75 Å². The molecule has 2 aromatic heterocycles. The number of carbonyl (C=O) groups is 1. The van der Waals surface area contributed by atoms with Crippen molar-refractivity contribution >= 4 is 17.2 Å². The number of aromatic nitrogens is 3. The van der Waals surface area contributed by atoms with Crippen LogP contribution in [-0.2, 0) is 7.05 Å². The zero-order chi connectivity index (χ0) is 21.8. The molecule has 1 unspecified atom stereocenters. The molecule has 1 atom stereocenters. The number of nitrogens with zero attached hydrogens (tertiary/aromatic N) is 3. The van der Waals surface area contributed by atoms with Gasteiger partial charge < -0.3 is 14.6 Å². The standard InChI is InChI=1S/C24H24N4O2S/c1-4-30-19-12-10-18(11-13-19)24-26-16(2)21(31-24)23(29)27-20(17-8-6-5-7-9-17)22-25-14-15-28(22)3/h5-15,20H,4H2,1-3H3,(H,27,29). The van der Waals surface area contributed by atoms with Crippen LogP contribution in [0.2, 0.25) is 0 Å². The summed E-state index contributed by atoms with van der Waals surface area (Å²) in [6.07, 6.45) is 3.61. The first-order chi connectivity index (χ1) is 15.1. The van der Waals surface area contributed by atoms with E-state index >= 15 is 0 Å². The molecule has 0 aliphatic rings. The lowest BCUT2D eigenvalue weighted by Gasteiger charge is -2.19. The largest absolute Gasteiger partial charge is 0.494 e. The Bertz CT molecular complexity index is 1170. The number of ether oxygens (including phenoxy) is 1. The van der Waals surface area contributed by atoms with Crippen LogP contribution >= 0.6 is 11.3 Å². The Labute approximate surface area is 185 Å². The summed E-state index contributed by atoms with van der Waals surface area (Å²) in [5.74, 6) is 1.43. The molecule has 2 aromatic carbocycles. The second kappa shape index (κ2) is 9.14. The van der Waals surface area contributed by atoms with E-state index in [1.807, 2.05) is 86.3 Å². The number of amides is 1. The summed E-state index contributed by atoms with van der Waals surface area (Å²) in [4.78, 5) is 22.9. The molecule has 6 nitrogen and oxygen atoms in total. The molecule has 0 saturated heterocycles. The highest BCUT2D eigenvalue weighted by molar-refractivity contribution is 7.17. The number of aryl methyl sites for hydroxylation is 2. The van der Waals surface area contributed by atoms with Gasteiger partial charge in [-0.1, -0.05) is 30.3 Å². The lowest BCUT2D eigenvalue weighted by molar-refractivity contribution is 0.0944. The molecular formula is C24H24N4O2S. The van der Waals surface area contributed by atoms with E-state index in [1.165, 1.54) is 11.3 Å². The number of carbonyl (C=O) groups excluding carboxylic acids is 1. The number of imidazole rings is 1. The fourth-order valence-electron chi connectivity index (χ4n) is 3.39. The third-order valence-electron chi connectivity index (χ3n) is 4.94. The highest BCUT2D eigenvalue weighted by Crippen LogP contribution is 2.30. The van der Waals surface area contributed by atoms with Gasteiger partial charge in [0.25, 0.3) is 5.91 Å². The molecule has 0 saturated carbocycles. The lowest BCUT2D eigenvalue weighted by Crippen LogP contribution is -2.31. The van der Waals surface area contributed by atoms with Gasteiger partial charge in [0.1, 0.15) is 27.5 Å². The highest BCUT2D eigenvalue weighted by atomic mass is 32.1. The van der Waals surface area contributed by atoms with Crippen molar-refractivity contribution in [2.45, 2.75) is 19.9 Å². The van der Waals surface area contributed by atoms with E-state index in [0.29, 0.717) is 17.2 Å². The van der Waals surface area contributed by atoms with Gasteiger partial charge in [0.15, 0.2) is 0 Å². The minimum Gasteiger partial charge on any atom is -0.494 e. The maximum absolute atomic E-state index is 13.2. The molecular weight excluding hydrogens is 408 g/mol. The van der Waals surface area contributed by atoms with Crippen LogP contribution in [0.1, 0.15) is 39.7 Å². The van der Waals surface area contributed by atoms with Gasteiger partial charge in [-0.25, -0.2) is 9.97 Å². The summed E-state index contributed by atoms with van der Waals surface area (Å²) in [5.41, 5.74) is 2.64. The molecule has 0 aliphatic heterocycles. The Balaban J connectivity index is 1.60. The Morgan fingerprint density at radius 3 is 2.55 bits per heavy atom. The molecule has 4 aromatic rings. The number of hydrogen-bond acceptors (Lipinski definition) is 5. The summed E-state index contributed by atoms with van der Waals surface area (Å²) in [5, 5.41) is 3.96. The average molecular weight is 433 g/mol. The van der Waals surface area contributed by atoms with Crippen molar-refractivity contribution in [1.82, 2.24) is 19.9 Å². The van der Waals surface area contributed by atoms with Crippen LogP contribution in [-0.4, -0.2) is 27.0 Å². The second-order valence-corrected chi connectivity index (χ2v) is 8.10. The first-order valence-electron chi connectivity index (χ1n) is 10.1. The summed E-state index contributed by atoms with van der Waals surface area (Å²) in [6.45, 7) is 4.44. The number of thiazole rings is 1. The predicted molar refractivity (Wildman–Crippen MR) is 122 cm³/mol. The number of benzene rings is 2. The summed E-state index contributed by atoms with van der Waals surface area (Å²) in [6, 6.07) is 17.3. The Hall–Kier alpha value is -3.45. The van der Waals surface area contributed by atoms with E-state index in [0.717, 1.165) is 27.7 Å². The SMILES string of the molecule is CCOc1ccc(-c2nc(C)c(C(=O)NC(c3ccccc3)c3nccn3C)s2)cc1. The van der Waals surface area contributed by atoms with Gasteiger partial charge in [0, 0.05) is 25.0 Å². The molecule has 2 heterocycles. The Morgan fingerprint density at radius 1 is 1.16 bits per heavy atom. The monoisotopic (exact) mass is 432 g/mol. The van der Waals surface area contributed by atoms with Gasteiger partial charge in [-0.3, -0.25) is 4.79 Å². The smallest absolute Gasteiger partial charge is 0.264 e. The first-order valence-corrected chi connectivity index (χ1v) is 10.9. The molecule has 0 radical (unpaired) electrons. The number of hydrogen-bond donors (Lipinski definition) is 1. The fraction of sp³-hybridized carbons (Fsp3) is 0.208. The summed E-state index contributed by atoms with van der Waals surface area (Å²) < 4.78 is 7.43. The van der Waals surface area contributed by atoms with Crippen molar-refractivity contribution in [3.63, 3.8) is 0 Å². The Morgan fingerprint density at radius 2 is 1.90 bits per heavy atom. The molecule has 31 heavy (non-hydrogen) atoms. The lowest BCUT2D eigenvalue weighted by atomic mass is 10.1. The predicted octanol–water partition coefficient (Wildman–Crippen LogP) is 4.77. The van der Waals surface area contributed by atoms with E-state index in [4.69, 9.17) is 4.74 Å². The molecule has 0 aliphatic carbocycles. The molecule has 158 valence electrons. The maximum Gasteiger partial charge on any atom is 0.264 e. The third kappa shape index (κ3) is 4.51.